The second kappa shape index (κ2) is 14.2. The Morgan fingerprint density at radius 2 is 0.648 bits per heavy atom. The van der Waals surface area contributed by atoms with E-state index in [2.05, 4.69) is 9.98 Å². The van der Waals surface area contributed by atoms with Crippen LogP contribution in [-0.4, -0.2) is 11.4 Å². The highest BCUT2D eigenvalue weighted by molar-refractivity contribution is 6.03. The molecule has 0 unspecified atom stereocenters. The molecule has 0 amide bonds. The Morgan fingerprint density at radius 1 is 0.389 bits per heavy atom. The second-order valence-corrected chi connectivity index (χ2v) is 12.0. The molecule has 282 valence electrons. The van der Waals surface area contributed by atoms with Crippen molar-refractivity contribution in [2.75, 3.05) is 11.5 Å². The smallest absolute Gasteiger partial charge is 0.398 e. The fourth-order valence-electron chi connectivity index (χ4n) is 5.49. The summed E-state index contributed by atoms with van der Waals surface area (Å²) >= 11 is 0. The number of nitrogens with zero attached hydrogens (tertiary/aromatic N) is 2. The van der Waals surface area contributed by atoms with Crippen molar-refractivity contribution < 1.29 is 52.7 Å². The van der Waals surface area contributed by atoms with Crippen molar-refractivity contribution in [2.45, 2.75) is 38.6 Å². The highest BCUT2D eigenvalue weighted by atomic mass is 19.4. The average Bonchev–Trinajstić information content (AvgIpc) is 3.07. The summed E-state index contributed by atoms with van der Waals surface area (Å²) in [5.41, 5.74) is 4.04. The van der Waals surface area contributed by atoms with E-state index < -0.39 is 69.7 Å². The standard InChI is InChI=1S/C38H26F12N4/c1-19(53-33-13-9-25(17-29(33)37(45,46)47)23-7-11-31(51)27(15-23)35(39,40)41)21-3-5-22(6-4-21)20(2)54-34-14-10-26(18-30(34)38(48,49)50)24-8-12-32(52)28(16-24)36(42,43)44/h3-18H,51-52H2,1-2H3/b53-19+,54-20+. The third-order valence-corrected chi connectivity index (χ3v) is 8.28. The molecule has 54 heavy (non-hydrogen) atoms. The van der Waals surface area contributed by atoms with Gasteiger partial charge in [0, 0.05) is 22.8 Å². The number of nitrogen functional groups attached to an aromatic ring is 2. The molecule has 0 saturated heterocycles. The molecule has 0 aliphatic heterocycles. The molecule has 0 aliphatic rings. The van der Waals surface area contributed by atoms with Crippen LogP contribution in [0.3, 0.4) is 0 Å². The Hall–Kier alpha value is -5.80. The lowest BCUT2D eigenvalue weighted by Gasteiger charge is -2.15. The topological polar surface area (TPSA) is 76.8 Å². The number of anilines is 2. The molecule has 4 nitrogen and oxygen atoms in total. The van der Waals surface area contributed by atoms with E-state index in [9.17, 15) is 52.7 Å². The largest absolute Gasteiger partial charge is 0.418 e. The first-order chi connectivity index (χ1) is 24.9. The van der Waals surface area contributed by atoms with Crippen LogP contribution in [0.15, 0.2) is 107 Å². The minimum atomic E-state index is -4.94. The first-order valence-electron chi connectivity index (χ1n) is 15.5. The summed E-state index contributed by atoms with van der Waals surface area (Å²) in [6, 6.07) is 17.1. The number of hydrogen-bond donors (Lipinski definition) is 2. The summed E-state index contributed by atoms with van der Waals surface area (Å²) < 4.78 is 165. The quantitative estimate of drug-likeness (QED) is 0.103. The Kier molecular flexibility index (Phi) is 10.4. The molecule has 0 aromatic heterocycles. The second-order valence-electron chi connectivity index (χ2n) is 12.0. The minimum absolute atomic E-state index is 0.104. The maximum atomic E-state index is 14.1. The number of rotatable bonds is 6. The first kappa shape index (κ1) is 39.4. The monoisotopic (exact) mass is 766 g/mol. The van der Waals surface area contributed by atoms with Gasteiger partial charge in [0.25, 0.3) is 0 Å². The molecule has 0 saturated carbocycles. The van der Waals surface area contributed by atoms with Gasteiger partial charge in [-0.25, -0.2) is 0 Å². The molecule has 16 heteroatoms. The number of aliphatic imine (C=N–C) groups is 2. The van der Waals surface area contributed by atoms with Gasteiger partial charge in [0.05, 0.1) is 33.6 Å². The van der Waals surface area contributed by atoms with Crippen LogP contribution in [0.4, 0.5) is 75.4 Å². The summed E-state index contributed by atoms with van der Waals surface area (Å²) in [7, 11) is 0. The number of halogens is 12. The van der Waals surface area contributed by atoms with E-state index >= 15 is 0 Å². The van der Waals surface area contributed by atoms with Gasteiger partial charge in [-0.2, -0.15) is 52.7 Å². The molecular weight excluding hydrogens is 740 g/mol. The van der Waals surface area contributed by atoms with Crippen molar-refractivity contribution in [3.8, 4) is 22.3 Å². The molecule has 0 bridgehead atoms. The fourth-order valence-corrected chi connectivity index (χ4v) is 5.49. The summed E-state index contributed by atoms with van der Waals surface area (Å²) in [6.45, 7) is 2.82. The molecule has 0 fully saturated rings. The summed E-state index contributed by atoms with van der Waals surface area (Å²) in [6.07, 6.45) is -19.6. The maximum absolute atomic E-state index is 14.1. The number of benzene rings is 5. The van der Waals surface area contributed by atoms with E-state index in [0.29, 0.717) is 35.4 Å². The van der Waals surface area contributed by atoms with Gasteiger partial charge in [0.2, 0.25) is 0 Å². The summed E-state index contributed by atoms with van der Waals surface area (Å²) in [5.74, 6) is 0. The Balaban J connectivity index is 1.44. The number of alkyl halides is 12. The van der Waals surface area contributed by atoms with Crippen molar-refractivity contribution in [3.63, 3.8) is 0 Å². The lowest BCUT2D eigenvalue weighted by Crippen LogP contribution is -2.09. The highest BCUT2D eigenvalue weighted by Crippen LogP contribution is 2.43. The molecule has 4 N–H and O–H groups in total. The van der Waals surface area contributed by atoms with Gasteiger partial charge in [-0.1, -0.05) is 48.5 Å². The van der Waals surface area contributed by atoms with Gasteiger partial charge in [0.1, 0.15) is 0 Å². The molecular formula is C38H26F12N4. The summed E-state index contributed by atoms with van der Waals surface area (Å²) in [5, 5.41) is 0. The van der Waals surface area contributed by atoms with E-state index in [1.807, 2.05) is 0 Å². The fraction of sp³-hybridized carbons (Fsp3) is 0.158. The van der Waals surface area contributed by atoms with Crippen molar-refractivity contribution in [1.29, 1.82) is 0 Å². The van der Waals surface area contributed by atoms with Crippen LogP contribution in [0.5, 0.6) is 0 Å². The molecule has 0 heterocycles. The van der Waals surface area contributed by atoms with Crippen LogP contribution in [0, 0.1) is 0 Å². The maximum Gasteiger partial charge on any atom is 0.418 e. The summed E-state index contributed by atoms with van der Waals surface area (Å²) in [4.78, 5) is 8.22. The van der Waals surface area contributed by atoms with Gasteiger partial charge in [-0.05, 0) is 95.8 Å². The van der Waals surface area contributed by atoms with Gasteiger partial charge in [-0.15, -0.1) is 0 Å². The van der Waals surface area contributed by atoms with E-state index in [-0.39, 0.29) is 33.7 Å². The Morgan fingerprint density at radius 3 is 0.926 bits per heavy atom. The zero-order valence-corrected chi connectivity index (χ0v) is 27.8. The molecule has 0 aliphatic carbocycles. The number of hydrogen-bond acceptors (Lipinski definition) is 4. The molecule has 0 spiro atoms. The highest BCUT2D eigenvalue weighted by Gasteiger charge is 2.37. The molecule has 5 aromatic carbocycles. The van der Waals surface area contributed by atoms with Crippen LogP contribution in [0.25, 0.3) is 22.3 Å². The van der Waals surface area contributed by atoms with Gasteiger partial charge >= 0.3 is 24.7 Å². The van der Waals surface area contributed by atoms with Gasteiger partial charge in [-0.3, -0.25) is 9.98 Å². The molecule has 0 atom stereocenters. The average molecular weight is 767 g/mol. The minimum Gasteiger partial charge on any atom is -0.398 e. The van der Waals surface area contributed by atoms with Crippen LogP contribution in [-0.2, 0) is 24.7 Å². The predicted octanol–water partition coefficient (Wildman–Crippen LogP) is 12.5. The van der Waals surface area contributed by atoms with E-state index in [0.717, 1.165) is 36.4 Å². The normalized spacial score (nSPS) is 13.4. The molecule has 0 radical (unpaired) electrons. The van der Waals surface area contributed by atoms with Crippen molar-refractivity contribution in [3.05, 3.63) is 130 Å². The van der Waals surface area contributed by atoms with E-state index in [1.165, 1.54) is 50.2 Å². The zero-order chi connectivity index (χ0) is 40.0. The number of nitrogens with two attached hydrogens (primary N) is 2. The lowest BCUT2D eigenvalue weighted by atomic mass is 9.98. The van der Waals surface area contributed by atoms with Crippen LogP contribution >= 0.6 is 0 Å². The van der Waals surface area contributed by atoms with Crippen molar-refractivity contribution >= 4 is 34.2 Å². The van der Waals surface area contributed by atoms with Crippen LogP contribution in [0.2, 0.25) is 0 Å². The SMILES string of the molecule is C/C(=N\c1ccc(-c2ccc(N)c(C(F)(F)F)c2)cc1C(F)(F)F)c1ccc(/C(C)=N/c2ccc(-c3ccc(N)c(C(F)(F)F)c3)cc2C(F)(F)F)cc1. The Labute approximate surface area is 299 Å². The third kappa shape index (κ3) is 8.69. The third-order valence-electron chi connectivity index (χ3n) is 8.28. The van der Waals surface area contributed by atoms with Gasteiger partial charge < -0.3 is 11.5 Å². The van der Waals surface area contributed by atoms with Crippen molar-refractivity contribution in [2.24, 2.45) is 9.98 Å². The first-order valence-corrected chi connectivity index (χ1v) is 15.5. The Bertz CT molecular complexity index is 2100. The van der Waals surface area contributed by atoms with E-state index in [1.54, 1.807) is 0 Å². The van der Waals surface area contributed by atoms with E-state index in [4.69, 9.17) is 11.5 Å². The zero-order valence-electron chi connectivity index (χ0n) is 27.8. The molecule has 5 aromatic rings. The van der Waals surface area contributed by atoms with Crippen LogP contribution < -0.4 is 11.5 Å². The van der Waals surface area contributed by atoms with Crippen molar-refractivity contribution in [1.82, 2.24) is 0 Å². The van der Waals surface area contributed by atoms with Crippen LogP contribution in [0.1, 0.15) is 47.2 Å². The molecule has 5 rings (SSSR count). The lowest BCUT2D eigenvalue weighted by molar-refractivity contribution is -0.137. The van der Waals surface area contributed by atoms with Gasteiger partial charge in [0.15, 0.2) is 0 Å². The predicted molar refractivity (Wildman–Crippen MR) is 183 cm³/mol.